The lowest BCUT2D eigenvalue weighted by molar-refractivity contribution is -0.160. The first-order valence-electron chi connectivity index (χ1n) is 14.6. The van der Waals surface area contributed by atoms with Crippen LogP contribution in [0.25, 0.3) is 10.8 Å². The number of carboxylic acids is 1. The van der Waals surface area contributed by atoms with Crippen LogP contribution in [0, 0.1) is 0 Å². The van der Waals surface area contributed by atoms with Gasteiger partial charge in [0, 0.05) is 25.9 Å². The number of carbonyl (C=O) groups excluding carboxylic acids is 3. The Balaban J connectivity index is 1.58. The van der Waals surface area contributed by atoms with E-state index in [4.69, 9.17) is 4.74 Å². The van der Waals surface area contributed by atoms with Gasteiger partial charge in [0.15, 0.2) is 0 Å². The Bertz CT molecular complexity index is 1530. The van der Waals surface area contributed by atoms with E-state index < -0.39 is 47.6 Å². The zero-order valence-electron chi connectivity index (χ0n) is 25.4. The highest BCUT2D eigenvalue weighted by atomic mass is 31.0. The lowest BCUT2D eigenvalue weighted by atomic mass is 9.97. The minimum atomic E-state index is -1.12. The van der Waals surface area contributed by atoms with Crippen molar-refractivity contribution >= 4 is 49.2 Å². The molecule has 3 amide bonds. The van der Waals surface area contributed by atoms with Gasteiger partial charge in [0.05, 0.1) is 0 Å². The average molecular weight is 618 g/mol. The molecule has 10 heteroatoms. The van der Waals surface area contributed by atoms with E-state index in [1.807, 2.05) is 66.7 Å². The molecule has 44 heavy (non-hydrogen) atoms. The van der Waals surface area contributed by atoms with Crippen molar-refractivity contribution in [3.63, 3.8) is 0 Å². The van der Waals surface area contributed by atoms with Gasteiger partial charge in [0.1, 0.15) is 23.7 Å². The van der Waals surface area contributed by atoms with Gasteiger partial charge in [-0.15, -0.1) is 15.8 Å². The number of nitrogens with zero attached hydrogens (tertiary/aromatic N) is 2. The highest BCUT2D eigenvalue weighted by Gasteiger charge is 2.43. The first kappa shape index (κ1) is 32.7. The van der Waals surface area contributed by atoms with E-state index in [2.05, 4.69) is 21.1 Å². The van der Waals surface area contributed by atoms with E-state index in [0.717, 1.165) is 27.2 Å². The van der Waals surface area contributed by atoms with Crippen LogP contribution in [0.15, 0.2) is 79.4 Å². The molecule has 1 saturated heterocycles. The number of amides is 3. The number of benzene rings is 3. The predicted octanol–water partition coefficient (Wildman–Crippen LogP) is 4.09. The zero-order chi connectivity index (χ0) is 32.0. The number of piperazine rings is 1. The lowest BCUT2D eigenvalue weighted by Crippen LogP contribution is -2.65. The average Bonchev–Trinajstić information content (AvgIpc) is 2.96. The molecule has 1 aliphatic heterocycles. The summed E-state index contributed by atoms with van der Waals surface area (Å²) in [6, 6.07) is 18.0. The molecule has 0 bridgehead atoms. The molecule has 4 unspecified atom stereocenters. The number of aliphatic carboxylic acids is 1. The van der Waals surface area contributed by atoms with Gasteiger partial charge in [-0.25, -0.2) is 9.59 Å². The lowest BCUT2D eigenvalue weighted by Gasteiger charge is -2.43. The van der Waals surface area contributed by atoms with Gasteiger partial charge in [0.25, 0.3) is 0 Å². The molecular formula is C34H40N3O6P. The standard InChI is InChI=1S/C34H40N3O6P/c1-5-8-28-31(39)37(29(32(40)41)21-23-11-14-24-9-6-7-10-25(24)19-23)18-17-36(28)30(38)27(35-33(42)43-34(2,3)4)20-22-12-15-26(44)16-13-22/h5-7,9-16,19,27-29H,1,8,17-18,20-21,44H2,2-4H3,(H,35,42)(H,40,41). The number of hydrogen-bond acceptors (Lipinski definition) is 5. The van der Waals surface area contributed by atoms with Crippen LogP contribution in [-0.2, 0) is 32.0 Å². The van der Waals surface area contributed by atoms with E-state index >= 15 is 0 Å². The summed E-state index contributed by atoms with van der Waals surface area (Å²) in [4.78, 5) is 56.0. The number of rotatable bonds is 10. The first-order valence-corrected chi connectivity index (χ1v) is 15.2. The number of hydrogen-bond donors (Lipinski definition) is 2. The Morgan fingerprint density at radius 3 is 2.32 bits per heavy atom. The number of fused-ring (bicyclic) bond motifs is 1. The Hall–Kier alpha value is -4.23. The molecular weight excluding hydrogens is 577 g/mol. The maximum atomic E-state index is 14.1. The van der Waals surface area contributed by atoms with Gasteiger partial charge >= 0.3 is 12.1 Å². The van der Waals surface area contributed by atoms with Crippen molar-refractivity contribution in [2.24, 2.45) is 0 Å². The summed E-state index contributed by atoms with van der Waals surface area (Å²) >= 11 is 0. The zero-order valence-corrected chi connectivity index (χ0v) is 26.5. The molecule has 232 valence electrons. The van der Waals surface area contributed by atoms with Crippen molar-refractivity contribution < 1.29 is 29.0 Å². The third kappa shape index (κ3) is 8.23. The minimum absolute atomic E-state index is 0.0314. The minimum Gasteiger partial charge on any atom is -0.480 e. The molecule has 0 aliphatic carbocycles. The molecule has 3 aromatic carbocycles. The second-order valence-electron chi connectivity index (χ2n) is 12.0. The largest absolute Gasteiger partial charge is 0.480 e. The molecule has 0 aromatic heterocycles. The Morgan fingerprint density at radius 2 is 1.68 bits per heavy atom. The van der Waals surface area contributed by atoms with Gasteiger partial charge in [-0.3, -0.25) is 9.59 Å². The van der Waals surface area contributed by atoms with Crippen molar-refractivity contribution in [1.29, 1.82) is 0 Å². The fourth-order valence-electron chi connectivity index (χ4n) is 5.42. The van der Waals surface area contributed by atoms with Crippen LogP contribution < -0.4 is 10.6 Å². The van der Waals surface area contributed by atoms with Crippen molar-refractivity contribution in [2.75, 3.05) is 13.1 Å². The van der Waals surface area contributed by atoms with Crippen LogP contribution in [0.3, 0.4) is 0 Å². The molecule has 1 aliphatic rings. The molecule has 3 aromatic rings. The Morgan fingerprint density at radius 1 is 1.02 bits per heavy atom. The molecule has 0 radical (unpaired) electrons. The molecule has 9 nitrogen and oxygen atoms in total. The van der Waals surface area contributed by atoms with Gasteiger partial charge in [-0.2, -0.15) is 0 Å². The Kier molecular flexibility index (Phi) is 10.4. The van der Waals surface area contributed by atoms with Crippen LogP contribution in [0.4, 0.5) is 4.79 Å². The van der Waals surface area contributed by atoms with Gasteiger partial charge in [0.2, 0.25) is 11.8 Å². The van der Waals surface area contributed by atoms with Crippen LogP contribution >= 0.6 is 9.24 Å². The summed E-state index contributed by atoms with van der Waals surface area (Å²) in [5, 5.41) is 15.9. The summed E-state index contributed by atoms with van der Waals surface area (Å²) < 4.78 is 5.44. The van der Waals surface area contributed by atoms with Crippen molar-refractivity contribution in [3.8, 4) is 0 Å². The van der Waals surface area contributed by atoms with E-state index in [1.165, 1.54) is 9.80 Å². The van der Waals surface area contributed by atoms with Crippen LogP contribution in [-0.4, -0.2) is 75.6 Å². The molecule has 4 atom stereocenters. The van der Waals surface area contributed by atoms with Crippen LogP contribution in [0.5, 0.6) is 0 Å². The quantitative estimate of drug-likeness (QED) is 0.262. The van der Waals surface area contributed by atoms with Gasteiger partial charge in [-0.05, 0) is 54.4 Å². The highest BCUT2D eigenvalue weighted by Crippen LogP contribution is 2.23. The normalized spacial score (nSPS) is 16.7. The summed E-state index contributed by atoms with van der Waals surface area (Å²) in [7, 11) is 2.60. The van der Waals surface area contributed by atoms with Crippen LogP contribution in [0.2, 0.25) is 0 Å². The third-order valence-corrected chi connectivity index (χ3v) is 7.90. The summed E-state index contributed by atoms with van der Waals surface area (Å²) in [5.41, 5.74) is 0.834. The fourth-order valence-corrected chi connectivity index (χ4v) is 5.62. The molecule has 0 saturated carbocycles. The number of nitrogens with one attached hydrogen (secondary N) is 1. The van der Waals surface area contributed by atoms with E-state index in [9.17, 15) is 24.3 Å². The smallest absolute Gasteiger partial charge is 0.408 e. The van der Waals surface area contributed by atoms with Gasteiger partial charge in [-0.1, -0.05) is 72.8 Å². The summed E-state index contributed by atoms with van der Waals surface area (Å²) in [6.45, 7) is 9.10. The highest BCUT2D eigenvalue weighted by molar-refractivity contribution is 7.27. The van der Waals surface area contributed by atoms with E-state index in [0.29, 0.717) is 0 Å². The topological polar surface area (TPSA) is 116 Å². The van der Waals surface area contributed by atoms with E-state index in [-0.39, 0.29) is 32.4 Å². The summed E-state index contributed by atoms with van der Waals surface area (Å²) in [5.74, 6) is -2.04. The molecule has 1 heterocycles. The van der Waals surface area contributed by atoms with E-state index in [1.54, 1.807) is 26.8 Å². The van der Waals surface area contributed by atoms with Crippen molar-refractivity contribution in [3.05, 3.63) is 90.5 Å². The number of carboxylic acid groups (broad SMARTS) is 1. The second-order valence-corrected chi connectivity index (χ2v) is 12.7. The monoisotopic (exact) mass is 617 g/mol. The fraction of sp³-hybridized carbons (Fsp3) is 0.353. The second kappa shape index (κ2) is 14.0. The van der Waals surface area contributed by atoms with Crippen LogP contribution in [0.1, 0.15) is 38.3 Å². The summed E-state index contributed by atoms with van der Waals surface area (Å²) in [6.07, 6.45) is 1.22. The third-order valence-electron chi connectivity index (χ3n) is 7.51. The van der Waals surface area contributed by atoms with Crippen molar-refractivity contribution in [2.45, 2.75) is 63.8 Å². The van der Waals surface area contributed by atoms with Crippen molar-refractivity contribution in [1.82, 2.24) is 15.1 Å². The maximum Gasteiger partial charge on any atom is 0.408 e. The predicted molar refractivity (Wildman–Crippen MR) is 174 cm³/mol. The number of ether oxygens (including phenoxy) is 1. The molecule has 0 spiro atoms. The molecule has 4 rings (SSSR count). The molecule has 2 N–H and O–H groups in total. The number of alkyl carbamates (subject to hydrolysis) is 1. The Labute approximate surface area is 260 Å². The van der Waals surface area contributed by atoms with Gasteiger partial charge < -0.3 is 25.0 Å². The molecule has 1 fully saturated rings. The maximum absolute atomic E-state index is 14.1. The first-order chi connectivity index (χ1) is 20.9. The number of carbonyl (C=O) groups is 4. The SMILES string of the molecule is C=CCC1C(=O)N(C(Cc2ccc3ccccc3c2)C(=O)O)CCN1C(=O)C(Cc1ccc(P)cc1)NC(=O)OC(C)(C)C.